The molecule has 0 spiro atoms. The van der Waals surface area contributed by atoms with Gasteiger partial charge in [0.25, 0.3) is 0 Å². The lowest BCUT2D eigenvalue weighted by molar-refractivity contribution is 0.144. The van der Waals surface area contributed by atoms with E-state index < -0.39 is 0 Å². The SMILES string of the molecule is COCCN1CCN(c2nc(-c3csc4ccccc34)n3nccc3n2)CC1. The molecule has 0 atom stereocenters. The van der Waals surface area contributed by atoms with Crippen molar-refractivity contribution in [1.82, 2.24) is 24.5 Å². The normalized spacial score (nSPS) is 15.7. The molecular formula is C20H22N6OS. The molecule has 0 saturated carbocycles. The number of aromatic nitrogens is 4. The number of hydrogen-bond acceptors (Lipinski definition) is 7. The monoisotopic (exact) mass is 394 g/mol. The molecule has 1 aliphatic heterocycles. The van der Waals surface area contributed by atoms with Crippen LogP contribution in [0.25, 0.3) is 27.1 Å². The zero-order valence-electron chi connectivity index (χ0n) is 15.8. The molecule has 1 saturated heterocycles. The third kappa shape index (κ3) is 3.13. The van der Waals surface area contributed by atoms with E-state index in [9.17, 15) is 0 Å². The zero-order valence-corrected chi connectivity index (χ0v) is 16.6. The van der Waals surface area contributed by atoms with Gasteiger partial charge in [-0.1, -0.05) is 18.2 Å². The van der Waals surface area contributed by atoms with E-state index in [1.165, 1.54) is 10.1 Å². The van der Waals surface area contributed by atoms with E-state index in [0.29, 0.717) is 0 Å². The van der Waals surface area contributed by atoms with Gasteiger partial charge in [-0.25, -0.2) is 0 Å². The molecule has 5 rings (SSSR count). The molecule has 8 heteroatoms. The largest absolute Gasteiger partial charge is 0.383 e. The molecule has 144 valence electrons. The predicted molar refractivity (Wildman–Crippen MR) is 112 cm³/mol. The molecule has 1 aromatic carbocycles. The Morgan fingerprint density at radius 1 is 1.07 bits per heavy atom. The van der Waals surface area contributed by atoms with Crippen LogP contribution in [0.1, 0.15) is 0 Å². The maximum absolute atomic E-state index is 5.20. The molecule has 28 heavy (non-hydrogen) atoms. The molecule has 0 unspecified atom stereocenters. The van der Waals surface area contributed by atoms with E-state index in [0.717, 1.165) is 62.3 Å². The average Bonchev–Trinajstić information content (AvgIpc) is 3.39. The maximum Gasteiger partial charge on any atom is 0.229 e. The Kier molecular flexibility index (Phi) is 4.67. The minimum atomic E-state index is 0.771. The average molecular weight is 395 g/mol. The Balaban J connectivity index is 1.50. The van der Waals surface area contributed by atoms with Gasteiger partial charge in [0.2, 0.25) is 5.95 Å². The summed E-state index contributed by atoms with van der Waals surface area (Å²) in [5, 5.41) is 7.84. The van der Waals surface area contributed by atoms with Crippen LogP contribution in [-0.4, -0.2) is 70.9 Å². The molecule has 0 radical (unpaired) electrons. The van der Waals surface area contributed by atoms with Gasteiger partial charge < -0.3 is 9.64 Å². The molecular weight excluding hydrogens is 372 g/mol. The van der Waals surface area contributed by atoms with E-state index in [4.69, 9.17) is 14.7 Å². The minimum absolute atomic E-state index is 0.771. The van der Waals surface area contributed by atoms with Crippen molar-refractivity contribution >= 4 is 33.0 Å². The fourth-order valence-corrected chi connectivity index (χ4v) is 4.61. The smallest absolute Gasteiger partial charge is 0.229 e. The lowest BCUT2D eigenvalue weighted by atomic mass is 10.1. The molecule has 4 heterocycles. The van der Waals surface area contributed by atoms with Gasteiger partial charge in [0.1, 0.15) is 0 Å². The van der Waals surface area contributed by atoms with Crippen LogP contribution in [0.15, 0.2) is 41.9 Å². The van der Waals surface area contributed by atoms with Gasteiger partial charge in [-0.3, -0.25) is 4.90 Å². The highest BCUT2D eigenvalue weighted by molar-refractivity contribution is 7.17. The quantitative estimate of drug-likeness (QED) is 0.519. The number of ether oxygens (including phenoxy) is 1. The number of anilines is 1. The third-order valence-corrected chi connectivity index (χ3v) is 6.20. The van der Waals surface area contributed by atoms with Crippen molar-refractivity contribution in [3.63, 3.8) is 0 Å². The molecule has 1 aliphatic rings. The summed E-state index contributed by atoms with van der Waals surface area (Å²) in [5.74, 6) is 1.63. The van der Waals surface area contributed by atoms with Crippen LogP contribution in [0.4, 0.5) is 5.95 Å². The van der Waals surface area contributed by atoms with Crippen molar-refractivity contribution in [2.24, 2.45) is 0 Å². The van der Waals surface area contributed by atoms with Crippen molar-refractivity contribution < 1.29 is 4.74 Å². The first-order valence-corrected chi connectivity index (χ1v) is 10.4. The Morgan fingerprint density at radius 2 is 1.93 bits per heavy atom. The van der Waals surface area contributed by atoms with Crippen molar-refractivity contribution in [3.05, 3.63) is 41.9 Å². The van der Waals surface area contributed by atoms with E-state index in [-0.39, 0.29) is 0 Å². The number of rotatable bonds is 5. The highest BCUT2D eigenvalue weighted by Gasteiger charge is 2.21. The Hall–Kier alpha value is -2.55. The molecule has 0 bridgehead atoms. The van der Waals surface area contributed by atoms with Gasteiger partial charge in [0.15, 0.2) is 11.5 Å². The van der Waals surface area contributed by atoms with E-state index in [1.54, 1.807) is 24.6 Å². The molecule has 1 fully saturated rings. The Bertz CT molecular complexity index is 1100. The summed E-state index contributed by atoms with van der Waals surface area (Å²) in [4.78, 5) is 14.4. The van der Waals surface area contributed by atoms with Crippen molar-refractivity contribution in [2.45, 2.75) is 0 Å². The topological polar surface area (TPSA) is 58.8 Å². The van der Waals surface area contributed by atoms with Gasteiger partial charge in [0.05, 0.1) is 12.8 Å². The lowest BCUT2D eigenvalue weighted by Crippen LogP contribution is -2.48. The van der Waals surface area contributed by atoms with Crippen molar-refractivity contribution in [2.75, 3.05) is 51.3 Å². The van der Waals surface area contributed by atoms with E-state index in [1.807, 2.05) is 10.6 Å². The number of nitrogens with zero attached hydrogens (tertiary/aromatic N) is 6. The zero-order chi connectivity index (χ0) is 18.9. The molecule has 0 N–H and O–H groups in total. The van der Waals surface area contributed by atoms with Gasteiger partial charge >= 0.3 is 0 Å². The Labute approximate surface area is 167 Å². The summed E-state index contributed by atoms with van der Waals surface area (Å²) in [6.45, 7) is 5.56. The summed E-state index contributed by atoms with van der Waals surface area (Å²) in [7, 11) is 1.75. The standard InChI is InChI=1S/C20H22N6OS/c1-27-13-12-24-8-10-25(11-9-24)20-22-18-6-7-21-26(18)19(23-20)16-14-28-17-5-3-2-4-15(16)17/h2-7,14H,8-13H2,1H3. The number of benzene rings is 1. The fourth-order valence-electron chi connectivity index (χ4n) is 3.67. The van der Waals surface area contributed by atoms with Crippen LogP contribution >= 0.6 is 11.3 Å². The first-order valence-electron chi connectivity index (χ1n) is 9.48. The van der Waals surface area contributed by atoms with Gasteiger partial charge in [0, 0.05) is 66.9 Å². The number of hydrogen-bond donors (Lipinski definition) is 0. The van der Waals surface area contributed by atoms with Gasteiger partial charge in [-0.05, 0) is 6.07 Å². The first-order chi connectivity index (χ1) is 13.8. The van der Waals surface area contributed by atoms with Crippen LogP contribution in [-0.2, 0) is 4.74 Å². The molecule has 0 amide bonds. The molecule has 4 aromatic rings. The third-order valence-electron chi connectivity index (χ3n) is 5.23. The van der Waals surface area contributed by atoms with Crippen molar-refractivity contribution in [1.29, 1.82) is 0 Å². The Morgan fingerprint density at radius 3 is 2.79 bits per heavy atom. The number of thiophene rings is 1. The van der Waals surface area contributed by atoms with Crippen LogP contribution in [0, 0.1) is 0 Å². The van der Waals surface area contributed by atoms with Gasteiger partial charge in [-0.2, -0.15) is 19.6 Å². The van der Waals surface area contributed by atoms with Crippen LogP contribution in [0.5, 0.6) is 0 Å². The molecule has 0 aliphatic carbocycles. The second-order valence-corrected chi connectivity index (χ2v) is 7.83. The predicted octanol–water partition coefficient (Wildman–Crippen LogP) is 2.77. The second kappa shape index (κ2) is 7.46. The lowest BCUT2D eigenvalue weighted by Gasteiger charge is -2.34. The maximum atomic E-state index is 5.20. The number of fused-ring (bicyclic) bond motifs is 2. The van der Waals surface area contributed by atoms with E-state index in [2.05, 4.69) is 44.5 Å². The summed E-state index contributed by atoms with van der Waals surface area (Å²) in [6, 6.07) is 10.4. The number of methoxy groups -OCH3 is 1. The highest BCUT2D eigenvalue weighted by atomic mass is 32.1. The van der Waals surface area contributed by atoms with Crippen LogP contribution < -0.4 is 4.90 Å². The highest BCUT2D eigenvalue weighted by Crippen LogP contribution is 2.33. The summed E-state index contributed by atoms with van der Waals surface area (Å²) >= 11 is 1.74. The molecule has 3 aromatic heterocycles. The fraction of sp³-hybridized carbons (Fsp3) is 0.350. The molecule has 7 nitrogen and oxygen atoms in total. The summed E-state index contributed by atoms with van der Waals surface area (Å²) in [5.41, 5.74) is 1.94. The summed E-state index contributed by atoms with van der Waals surface area (Å²) in [6.07, 6.45) is 1.79. The number of piperazine rings is 1. The minimum Gasteiger partial charge on any atom is -0.383 e. The van der Waals surface area contributed by atoms with Gasteiger partial charge in [-0.15, -0.1) is 11.3 Å². The summed E-state index contributed by atoms with van der Waals surface area (Å²) < 4.78 is 8.29. The van der Waals surface area contributed by atoms with Crippen molar-refractivity contribution in [3.8, 4) is 11.4 Å². The van der Waals surface area contributed by atoms with Crippen LogP contribution in [0.2, 0.25) is 0 Å². The van der Waals surface area contributed by atoms with Crippen LogP contribution in [0.3, 0.4) is 0 Å². The van der Waals surface area contributed by atoms with E-state index >= 15 is 0 Å². The second-order valence-electron chi connectivity index (χ2n) is 6.92. The first kappa shape index (κ1) is 17.5.